The van der Waals surface area contributed by atoms with E-state index >= 15 is 0 Å². The first-order valence-electron chi connectivity index (χ1n) is 11.8. The number of hydrogen-bond donors (Lipinski definition) is 3. The summed E-state index contributed by atoms with van der Waals surface area (Å²) < 4.78 is 5.22. The molecule has 2 unspecified atom stereocenters. The van der Waals surface area contributed by atoms with Crippen LogP contribution in [0.1, 0.15) is 85.3 Å². The topological polar surface area (TPSA) is 108 Å². The second-order valence-corrected chi connectivity index (χ2v) is 9.35. The molecule has 186 valence electrons. The van der Waals surface area contributed by atoms with Crippen molar-refractivity contribution in [3.63, 3.8) is 0 Å². The molecule has 0 saturated heterocycles. The molecule has 33 heavy (non-hydrogen) atoms. The molecule has 0 aliphatic carbocycles. The van der Waals surface area contributed by atoms with Crippen LogP contribution >= 0.6 is 0 Å². The van der Waals surface area contributed by atoms with Crippen LogP contribution in [0.15, 0.2) is 24.3 Å². The molecule has 3 N–H and O–H groups in total. The lowest BCUT2D eigenvalue weighted by Crippen LogP contribution is -2.49. The lowest BCUT2D eigenvalue weighted by atomic mass is 10.0. The fourth-order valence-electron chi connectivity index (χ4n) is 3.49. The maximum atomic E-state index is 13.3. The zero-order valence-electron chi connectivity index (χ0n) is 20.9. The Kier molecular flexibility index (Phi) is 11.7. The standard InChI is InChI=1S/C25H41N3O5/c1-7-9-10-15-28(21(30)17-26-24(32)33-25(4,5)6)22(19-13-11-14-20(29)16-19)23(31)27-18(3)12-8-2/h11,13-14,16,18,22,29H,7-10,12,15,17H2,1-6H3,(H,26,32)(H,27,31). The van der Waals surface area contributed by atoms with Gasteiger partial charge in [-0.25, -0.2) is 4.79 Å². The normalized spacial score (nSPS) is 13.0. The van der Waals surface area contributed by atoms with E-state index in [1.807, 2.05) is 13.8 Å². The van der Waals surface area contributed by atoms with Crippen LogP contribution in [0.3, 0.4) is 0 Å². The Morgan fingerprint density at radius 3 is 2.39 bits per heavy atom. The molecule has 0 radical (unpaired) electrons. The van der Waals surface area contributed by atoms with E-state index in [1.54, 1.807) is 32.9 Å². The van der Waals surface area contributed by atoms with Gasteiger partial charge in [0.25, 0.3) is 0 Å². The molecule has 8 nitrogen and oxygen atoms in total. The number of unbranched alkanes of at least 4 members (excludes halogenated alkanes) is 2. The SMILES string of the molecule is CCCCCN(C(=O)CNC(=O)OC(C)(C)C)C(C(=O)NC(C)CCC)c1cccc(O)c1. The highest BCUT2D eigenvalue weighted by Gasteiger charge is 2.32. The first-order chi connectivity index (χ1) is 15.5. The third kappa shape index (κ3) is 10.6. The van der Waals surface area contributed by atoms with Crippen LogP contribution in [0.2, 0.25) is 0 Å². The number of phenols is 1. The summed E-state index contributed by atoms with van der Waals surface area (Å²) in [7, 11) is 0. The van der Waals surface area contributed by atoms with Crippen LogP contribution < -0.4 is 10.6 Å². The number of alkyl carbamates (subject to hydrolysis) is 1. The largest absolute Gasteiger partial charge is 0.508 e. The van der Waals surface area contributed by atoms with Gasteiger partial charge in [0, 0.05) is 12.6 Å². The van der Waals surface area contributed by atoms with Gasteiger partial charge in [0.2, 0.25) is 11.8 Å². The van der Waals surface area contributed by atoms with Gasteiger partial charge in [-0.3, -0.25) is 9.59 Å². The summed E-state index contributed by atoms with van der Waals surface area (Å²) in [6, 6.07) is 5.39. The van der Waals surface area contributed by atoms with Crippen molar-refractivity contribution in [3.8, 4) is 5.75 Å². The van der Waals surface area contributed by atoms with E-state index in [0.717, 1.165) is 25.7 Å². The fourth-order valence-corrected chi connectivity index (χ4v) is 3.49. The Balaban J connectivity index is 3.19. The molecule has 0 spiro atoms. The molecule has 0 heterocycles. The highest BCUT2D eigenvalue weighted by Crippen LogP contribution is 2.25. The van der Waals surface area contributed by atoms with Crippen molar-refractivity contribution in [2.75, 3.05) is 13.1 Å². The Morgan fingerprint density at radius 1 is 1.12 bits per heavy atom. The summed E-state index contributed by atoms with van der Waals surface area (Å²) in [6.07, 6.45) is 3.58. The number of carbonyl (C=O) groups is 3. The lowest BCUT2D eigenvalue weighted by Gasteiger charge is -2.32. The van der Waals surface area contributed by atoms with E-state index in [2.05, 4.69) is 17.6 Å². The molecule has 8 heteroatoms. The molecule has 0 bridgehead atoms. The van der Waals surface area contributed by atoms with Gasteiger partial charge in [-0.15, -0.1) is 0 Å². The van der Waals surface area contributed by atoms with E-state index in [9.17, 15) is 19.5 Å². The molecular formula is C25H41N3O5. The minimum atomic E-state index is -0.929. The van der Waals surface area contributed by atoms with Crippen molar-refractivity contribution >= 4 is 17.9 Å². The van der Waals surface area contributed by atoms with Gasteiger partial charge in [0.05, 0.1) is 0 Å². The van der Waals surface area contributed by atoms with Crippen molar-refractivity contribution in [1.82, 2.24) is 15.5 Å². The minimum Gasteiger partial charge on any atom is -0.508 e. The van der Waals surface area contributed by atoms with Gasteiger partial charge in [-0.2, -0.15) is 0 Å². The summed E-state index contributed by atoms with van der Waals surface area (Å²) in [5.41, 5.74) is -0.175. The number of phenolic OH excluding ortho intramolecular Hbond substituents is 1. The Hall–Kier alpha value is -2.77. The predicted molar refractivity (Wildman–Crippen MR) is 129 cm³/mol. The average Bonchev–Trinajstić information content (AvgIpc) is 2.70. The smallest absolute Gasteiger partial charge is 0.408 e. The lowest BCUT2D eigenvalue weighted by molar-refractivity contribution is -0.140. The van der Waals surface area contributed by atoms with E-state index in [0.29, 0.717) is 18.5 Å². The highest BCUT2D eigenvalue weighted by atomic mass is 16.6. The molecule has 3 amide bonds. The van der Waals surface area contributed by atoms with Crippen LogP contribution in [0.4, 0.5) is 4.79 Å². The van der Waals surface area contributed by atoms with E-state index < -0.39 is 23.6 Å². The zero-order chi connectivity index (χ0) is 25.0. The molecule has 0 fully saturated rings. The first kappa shape index (κ1) is 28.3. The molecular weight excluding hydrogens is 422 g/mol. The van der Waals surface area contributed by atoms with Crippen LogP contribution in [0, 0.1) is 0 Å². The molecule has 0 saturated carbocycles. The van der Waals surface area contributed by atoms with Crippen molar-refractivity contribution in [1.29, 1.82) is 0 Å². The fraction of sp³-hybridized carbons (Fsp3) is 0.640. The van der Waals surface area contributed by atoms with Gasteiger partial charge in [0.1, 0.15) is 23.9 Å². The summed E-state index contributed by atoms with van der Waals surface area (Å²) in [4.78, 5) is 40.1. The van der Waals surface area contributed by atoms with Crippen molar-refractivity contribution < 1.29 is 24.2 Å². The molecule has 2 atom stereocenters. The number of nitrogens with zero attached hydrogens (tertiary/aromatic N) is 1. The maximum absolute atomic E-state index is 13.3. The number of benzene rings is 1. The first-order valence-corrected chi connectivity index (χ1v) is 11.8. The quantitative estimate of drug-likeness (QED) is 0.401. The second-order valence-electron chi connectivity index (χ2n) is 9.35. The molecule has 1 rings (SSSR count). The van der Waals surface area contributed by atoms with E-state index in [4.69, 9.17) is 4.74 Å². The summed E-state index contributed by atoms with van der Waals surface area (Å²) in [5.74, 6) is -0.702. The van der Waals surface area contributed by atoms with Crippen molar-refractivity contribution in [2.24, 2.45) is 0 Å². The zero-order valence-corrected chi connectivity index (χ0v) is 20.9. The number of aromatic hydroxyl groups is 1. The number of nitrogens with one attached hydrogen (secondary N) is 2. The van der Waals surface area contributed by atoms with Gasteiger partial charge in [0.15, 0.2) is 0 Å². The number of amides is 3. The predicted octanol–water partition coefficient (Wildman–Crippen LogP) is 4.28. The molecule has 0 aliphatic rings. The Labute approximate surface area is 198 Å². The van der Waals surface area contributed by atoms with Gasteiger partial charge in [-0.1, -0.05) is 45.2 Å². The molecule has 0 aliphatic heterocycles. The van der Waals surface area contributed by atoms with Gasteiger partial charge < -0.3 is 25.4 Å². The third-order valence-electron chi connectivity index (χ3n) is 4.96. The summed E-state index contributed by atoms with van der Waals surface area (Å²) >= 11 is 0. The average molecular weight is 464 g/mol. The number of ether oxygens (including phenoxy) is 1. The van der Waals surface area contributed by atoms with Crippen LogP contribution in [-0.4, -0.2) is 52.6 Å². The molecule has 0 aromatic heterocycles. The third-order valence-corrected chi connectivity index (χ3v) is 4.96. The highest BCUT2D eigenvalue weighted by molar-refractivity contribution is 5.90. The molecule has 1 aromatic rings. The van der Waals surface area contributed by atoms with E-state index in [-0.39, 0.29) is 24.2 Å². The molecule has 1 aromatic carbocycles. The summed E-state index contributed by atoms with van der Waals surface area (Å²) in [6.45, 7) is 11.3. The minimum absolute atomic E-state index is 0.0137. The van der Waals surface area contributed by atoms with Gasteiger partial charge >= 0.3 is 6.09 Å². The van der Waals surface area contributed by atoms with Crippen LogP contribution in [-0.2, 0) is 14.3 Å². The van der Waals surface area contributed by atoms with Crippen LogP contribution in [0.5, 0.6) is 5.75 Å². The van der Waals surface area contributed by atoms with Crippen molar-refractivity contribution in [2.45, 2.75) is 91.3 Å². The number of carbonyl (C=O) groups excluding carboxylic acids is 3. The summed E-state index contributed by atoms with van der Waals surface area (Å²) in [5, 5.41) is 15.5. The maximum Gasteiger partial charge on any atom is 0.408 e. The number of rotatable bonds is 12. The van der Waals surface area contributed by atoms with Crippen LogP contribution in [0.25, 0.3) is 0 Å². The Bertz CT molecular complexity index is 776. The van der Waals surface area contributed by atoms with Crippen molar-refractivity contribution in [3.05, 3.63) is 29.8 Å². The van der Waals surface area contributed by atoms with Gasteiger partial charge in [-0.05, 0) is 58.2 Å². The van der Waals surface area contributed by atoms with E-state index in [1.165, 1.54) is 17.0 Å². The monoisotopic (exact) mass is 463 g/mol. The Morgan fingerprint density at radius 2 is 1.82 bits per heavy atom. The second kappa shape index (κ2) is 13.7. The number of hydrogen-bond acceptors (Lipinski definition) is 5.